The molecule has 0 fully saturated rings. The lowest BCUT2D eigenvalue weighted by atomic mass is 10.2. The summed E-state index contributed by atoms with van der Waals surface area (Å²) in [5, 5.41) is 0. The zero-order valence-corrected chi connectivity index (χ0v) is 10.1. The van der Waals surface area contributed by atoms with Crippen molar-refractivity contribution in [2.75, 3.05) is 0 Å². The van der Waals surface area contributed by atoms with E-state index in [9.17, 15) is 18.0 Å². The minimum atomic E-state index is -4.63. The van der Waals surface area contributed by atoms with Crippen molar-refractivity contribution in [1.29, 1.82) is 0 Å². The molecule has 0 spiro atoms. The summed E-state index contributed by atoms with van der Waals surface area (Å²) in [7, 11) is 0. The number of halogens is 3. The molecule has 0 bridgehead atoms. The van der Waals surface area contributed by atoms with Crippen molar-refractivity contribution in [1.82, 2.24) is 0 Å². The monoisotopic (exact) mass is 268 g/mol. The third-order valence-corrected chi connectivity index (χ3v) is 2.64. The number of ether oxygens (including phenoxy) is 1. The first-order valence-corrected chi connectivity index (χ1v) is 5.60. The highest BCUT2D eigenvalue weighted by Crippen LogP contribution is 2.39. The van der Waals surface area contributed by atoms with Crippen LogP contribution in [0, 0.1) is 0 Å². The summed E-state index contributed by atoms with van der Waals surface area (Å²) in [4.78, 5) is 10.8. The third-order valence-electron chi connectivity index (χ3n) is 2.64. The molecule has 2 nitrogen and oxygen atoms in total. The molecule has 0 N–H and O–H groups in total. The topological polar surface area (TPSA) is 26.3 Å². The molecule has 2 aliphatic carbocycles. The van der Waals surface area contributed by atoms with Crippen molar-refractivity contribution in [3.8, 4) is 11.1 Å². The molecule has 0 aromatic carbocycles. The number of alkyl halides is 3. The molecule has 0 unspecified atom stereocenters. The van der Waals surface area contributed by atoms with Gasteiger partial charge in [0.05, 0.1) is 0 Å². The lowest BCUT2D eigenvalue weighted by molar-refractivity contribution is -0.222. The van der Waals surface area contributed by atoms with Crippen LogP contribution in [-0.2, 0) is 9.53 Å². The summed E-state index contributed by atoms with van der Waals surface area (Å²) in [6, 6.07) is 11.4. The Balaban J connectivity index is 2.46. The van der Waals surface area contributed by atoms with Crippen molar-refractivity contribution in [2.45, 2.75) is 19.2 Å². The van der Waals surface area contributed by atoms with Gasteiger partial charge in [0.2, 0.25) is 6.10 Å². The van der Waals surface area contributed by atoms with Crippen molar-refractivity contribution in [3.05, 3.63) is 48.0 Å². The Bertz CT molecular complexity index is 532. The van der Waals surface area contributed by atoms with Crippen LogP contribution in [0.3, 0.4) is 0 Å². The Hall–Kier alpha value is -2.04. The molecular formula is C14H11F3O2. The van der Waals surface area contributed by atoms with Gasteiger partial charge in [-0.1, -0.05) is 30.3 Å². The Morgan fingerprint density at radius 2 is 1.63 bits per heavy atom. The van der Waals surface area contributed by atoms with Crippen molar-refractivity contribution in [3.63, 3.8) is 0 Å². The van der Waals surface area contributed by atoms with E-state index in [1.807, 2.05) is 0 Å². The van der Waals surface area contributed by atoms with Crippen molar-refractivity contribution < 1.29 is 22.7 Å². The Morgan fingerprint density at radius 1 is 1.11 bits per heavy atom. The average Bonchev–Trinajstić information content (AvgIpc) is 2.55. The summed E-state index contributed by atoms with van der Waals surface area (Å²) in [6.45, 7) is 0.960. The summed E-state index contributed by atoms with van der Waals surface area (Å²) in [5.41, 5.74) is 1.27. The zero-order valence-electron chi connectivity index (χ0n) is 10.1. The normalized spacial score (nSPS) is 13.3. The van der Waals surface area contributed by atoms with Crippen molar-refractivity contribution in [2.24, 2.45) is 0 Å². The number of fused-ring (bicyclic) bond motifs is 1. The van der Waals surface area contributed by atoms with E-state index in [1.165, 1.54) is 12.1 Å². The standard InChI is InChI=1S/C14H11F3O2/c1-9(18)19-13(14(15,16)17)12-7-10-5-3-2-4-6-11(10)8-12/h2-8,13H,1H3/t13-/m0/s1. The van der Waals surface area contributed by atoms with Gasteiger partial charge in [0, 0.05) is 12.5 Å². The summed E-state index contributed by atoms with van der Waals surface area (Å²) >= 11 is 0. The minimum Gasteiger partial charge on any atom is -0.448 e. The van der Waals surface area contributed by atoms with Gasteiger partial charge in [-0.3, -0.25) is 4.79 Å². The number of esters is 1. The second-order valence-corrected chi connectivity index (χ2v) is 4.14. The van der Waals surface area contributed by atoms with Crippen LogP contribution in [0.1, 0.15) is 18.6 Å². The van der Waals surface area contributed by atoms with Gasteiger partial charge in [0.1, 0.15) is 0 Å². The molecule has 5 heteroatoms. The highest BCUT2D eigenvalue weighted by Gasteiger charge is 2.44. The minimum absolute atomic E-state index is 0.0658. The van der Waals surface area contributed by atoms with Crippen LogP contribution in [0.5, 0.6) is 0 Å². The zero-order chi connectivity index (χ0) is 14.0. The summed E-state index contributed by atoms with van der Waals surface area (Å²) in [5.74, 6) is -0.960. The smallest absolute Gasteiger partial charge is 0.429 e. The molecule has 1 atom stereocenters. The molecule has 0 radical (unpaired) electrons. The quantitative estimate of drug-likeness (QED) is 0.771. The molecule has 0 heterocycles. The molecule has 0 saturated heterocycles. The molecule has 2 rings (SSSR count). The first kappa shape index (κ1) is 13.4. The van der Waals surface area contributed by atoms with Crippen LogP contribution in [-0.4, -0.2) is 12.1 Å². The van der Waals surface area contributed by atoms with Crippen LogP contribution < -0.4 is 0 Å². The number of carbonyl (C=O) groups is 1. The van der Waals surface area contributed by atoms with E-state index in [2.05, 4.69) is 4.74 Å². The number of rotatable bonds is 2. The number of carbonyl (C=O) groups excluding carboxylic acids is 1. The van der Waals surface area contributed by atoms with Gasteiger partial charge in [0.25, 0.3) is 0 Å². The second kappa shape index (κ2) is 4.91. The number of hydrogen-bond donors (Lipinski definition) is 0. The lowest BCUT2D eigenvalue weighted by Crippen LogP contribution is -2.24. The molecular weight excluding hydrogens is 257 g/mol. The van der Waals surface area contributed by atoms with Crippen LogP contribution in [0.25, 0.3) is 11.1 Å². The molecule has 19 heavy (non-hydrogen) atoms. The number of hydrogen-bond acceptors (Lipinski definition) is 2. The highest BCUT2D eigenvalue weighted by molar-refractivity contribution is 5.70. The van der Waals surface area contributed by atoms with E-state index in [0.29, 0.717) is 11.1 Å². The van der Waals surface area contributed by atoms with E-state index >= 15 is 0 Å². The lowest BCUT2D eigenvalue weighted by Gasteiger charge is -2.18. The molecule has 0 aromatic heterocycles. The fraction of sp³-hybridized carbons (Fsp3) is 0.214. The second-order valence-electron chi connectivity index (χ2n) is 4.14. The predicted molar refractivity (Wildman–Crippen MR) is 63.6 cm³/mol. The van der Waals surface area contributed by atoms with Gasteiger partial charge in [-0.25, -0.2) is 0 Å². The van der Waals surface area contributed by atoms with E-state index in [-0.39, 0.29) is 5.56 Å². The SMILES string of the molecule is CC(=O)O[C@@H](c1cc2cccccc-2c1)C(F)(F)F. The van der Waals surface area contributed by atoms with Gasteiger partial charge >= 0.3 is 12.1 Å². The molecule has 0 amide bonds. The van der Waals surface area contributed by atoms with Crippen molar-refractivity contribution >= 4 is 5.97 Å². The molecule has 0 saturated carbocycles. The van der Waals surface area contributed by atoms with E-state index in [0.717, 1.165) is 6.92 Å². The molecule has 100 valence electrons. The van der Waals surface area contributed by atoms with Gasteiger partial charge in [-0.15, -0.1) is 0 Å². The van der Waals surface area contributed by atoms with Crippen LogP contribution >= 0.6 is 0 Å². The maximum absolute atomic E-state index is 12.9. The van der Waals surface area contributed by atoms with Gasteiger partial charge in [0.15, 0.2) is 0 Å². The summed E-state index contributed by atoms with van der Waals surface area (Å²) < 4.78 is 43.1. The van der Waals surface area contributed by atoms with E-state index in [1.54, 1.807) is 30.3 Å². The highest BCUT2D eigenvalue weighted by atomic mass is 19.4. The predicted octanol–water partition coefficient (Wildman–Crippen LogP) is 3.96. The maximum Gasteiger partial charge on any atom is 0.429 e. The average molecular weight is 268 g/mol. The third kappa shape index (κ3) is 3.05. The Kier molecular flexibility index (Phi) is 3.46. The van der Waals surface area contributed by atoms with Crippen LogP contribution in [0.15, 0.2) is 42.5 Å². The molecule has 0 aliphatic heterocycles. The van der Waals surface area contributed by atoms with Crippen LogP contribution in [0.2, 0.25) is 0 Å². The molecule has 0 aromatic rings. The first-order valence-electron chi connectivity index (χ1n) is 5.60. The maximum atomic E-state index is 12.9. The van der Waals surface area contributed by atoms with Gasteiger partial charge in [-0.05, 0) is 23.3 Å². The first-order chi connectivity index (χ1) is 8.88. The Morgan fingerprint density at radius 3 is 2.05 bits per heavy atom. The largest absolute Gasteiger partial charge is 0.448 e. The van der Waals surface area contributed by atoms with E-state index < -0.39 is 18.2 Å². The Labute approximate surface area is 108 Å². The summed E-state index contributed by atoms with van der Waals surface area (Å²) in [6.07, 6.45) is -6.85. The van der Waals surface area contributed by atoms with Gasteiger partial charge < -0.3 is 4.74 Å². The fourth-order valence-electron chi connectivity index (χ4n) is 1.88. The van der Waals surface area contributed by atoms with E-state index in [4.69, 9.17) is 0 Å². The molecule has 2 aliphatic rings. The fourth-order valence-corrected chi connectivity index (χ4v) is 1.88. The van der Waals surface area contributed by atoms with Gasteiger partial charge in [-0.2, -0.15) is 13.2 Å². The van der Waals surface area contributed by atoms with Crippen LogP contribution in [0.4, 0.5) is 13.2 Å².